The van der Waals surface area contributed by atoms with Crippen molar-refractivity contribution in [1.82, 2.24) is 24.5 Å². The normalized spacial score (nSPS) is 16.1. The van der Waals surface area contributed by atoms with Crippen LogP contribution in [0.1, 0.15) is 29.6 Å². The van der Waals surface area contributed by atoms with Gasteiger partial charge in [0.2, 0.25) is 0 Å². The zero-order valence-corrected chi connectivity index (χ0v) is 19.6. The standard InChI is InChI=1S/C26H29N7O/c1-31(2)24-15-19(26(34)32-12-7-6-10-20(32)16-27)14-23(29-24)21-17-28-33-13-11-22(30-25(21)33)18-8-4-3-5-9-18/h3-5,8-9,11,13-15,17,20H,6-7,10,12,16,27H2,1-2H3. The lowest BCUT2D eigenvalue weighted by atomic mass is 10.0. The van der Waals surface area contributed by atoms with E-state index in [-0.39, 0.29) is 11.9 Å². The van der Waals surface area contributed by atoms with Crippen LogP contribution in [0.4, 0.5) is 5.82 Å². The molecule has 1 aliphatic heterocycles. The van der Waals surface area contributed by atoms with Crippen LogP contribution in [-0.2, 0) is 0 Å². The number of likely N-dealkylation sites (tertiary alicyclic amines) is 1. The maximum atomic E-state index is 13.6. The molecule has 1 aromatic carbocycles. The highest BCUT2D eigenvalue weighted by atomic mass is 16.2. The van der Waals surface area contributed by atoms with Crippen molar-refractivity contribution in [2.75, 3.05) is 32.1 Å². The van der Waals surface area contributed by atoms with E-state index < -0.39 is 0 Å². The van der Waals surface area contributed by atoms with Gasteiger partial charge in [0, 0.05) is 50.6 Å². The van der Waals surface area contributed by atoms with Crippen LogP contribution in [0.15, 0.2) is 60.9 Å². The van der Waals surface area contributed by atoms with Gasteiger partial charge in [0.25, 0.3) is 5.91 Å². The van der Waals surface area contributed by atoms with Crippen LogP contribution in [0.5, 0.6) is 0 Å². The number of fused-ring (bicyclic) bond motifs is 1. The molecule has 3 aromatic heterocycles. The minimum absolute atomic E-state index is 0.00342. The number of nitrogens with two attached hydrogens (primary N) is 1. The van der Waals surface area contributed by atoms with Gasteiger partial charge in [-0.2, -0.15) is 5.10 Å². The van der Waals surface area contributed by atoms with Crippen molar-refractivity contribution in [1.29, 1.82) is 0 Å². The van der Waals surface area contributed by atoms with Crippen molar-refractivity contribution in [2.45, 2.75) is 25.3 Å². The summed E-state index contributed by atoms with van der Waals surface area (Å²) in [5.41, 5.74) is 10.6. The summed E-state index contributed by atoms with van der Waals surface area (Å²) >= 11 is 0. The van der Waals surface area contributed by atoms with E-state index in [2.05, 4.69) is 5.10 Å². The maximum Gasteiger partial charge on any atom is 0.254 e. The first-order chi connectivity index (χ1) is 16.5. The molecule has 8 heteroatoms. The fourth-order valence-corrected chi connectivity index (χ4v) is 4.50. The predicted octanol–water partition coefficient (Wildman–Crippen LogP) is 3.48. The molecule has 8 nitrogen and oxygen atoms in total. The number of aromatic nitrogens is 4. The number of piperidine rings is 1. The van der Waals surface area contributed by atoms with Gasteiger partial charge in [0.15, 0.2) is 5.65 Å². The van der Waals surface area contributed by atoms with E-state index in [4.69, 9.17) is 15.7 Å². The van der Waals surface area contributed by atoms with Gasteiger partial charge in [-0.15, -0.1) is 0 Å². The van der Waals surface area contributed by atoms with E-state index in [1.165, 1.54) is 0 Å². The Hall–Kier alpha value is -3.78. The monoisotopic (exact) mass is 455 g/mol. The highest BCUT2D eigenvalue weighted by Crippen LogP contribution is 2.28. The van der Waals surface area contributed by atoms with E-state index >= 15 is 0 Å². The molecule has 34 heavy (non-hydrogen) atoms. The van der Waals surface area contributed by atoms with Crippen LogP contribution < -0.4 is 10.6 Å². The Labute approximate surface area is 199 Å². The van der Waals surface area contributed by atoms with Gasteiger partial charge in [0.05, 0.1) is 23.1 Å². The van der Waals surface area contributed by atoms with Crippen LogP contribution in [0, 0.1) is 0 Å². The molecule has 4 aromatic rings. The first-order valence-corrected chi connectivity index (χ1v) is 11.7. The molecule has 1 unspecified atom stereocenters. The lowest BCUT2D eigenvalue weighted by molar-refractivity contribution is 0.0623. The van der Waals surface area contributed by atoms with Crippen LogP contribution in [0.25, 0.3) is 28.2 Å². The van der Waals surface area contributed by atoms with Gasteiger partial charge in [-0.25, -0.2) is 14.5 Å². The van der Waals surface area contributed by atoms with Gasteiger partial charge in [0.1, 0.15) is 5.82 Å². The summed E-state index contributed by atoms with van der Waals surface area (Å²) in [5.74, 6) is 0.706. The molecule has 5 rings (SSSR count). The summed E-state index contributed by atoms with van der Waals surface area (Å²) in [5, 5.41) is 4.48. The van der Waals surface area contributed by atoms with E-state index in [0.717, 1.165) is 42.6 Å². The number of pyridine rings is 1. The van der Waals surface area contributed by atoms with Crippen LogP contribution in [0.3, 0.4) is 0 Å². The third-order valence-corrected chi connectivity index (χ3v) is 6.39. The van der Waals surface area contributed by atoms with Crippen molar-refractivity contribution in [3.05, 3.63) is 66.5 Å². The number of rotatable bonds is 5. The second-order valence-electron chi connectivity index (χ2n) is 8.88. The first kappa shape index (κ1) is 22.0. The fraction of sp³-hybridized carbons (Fsp3) is 0.308. The molecule has 2 N–H and O–H groups in total. The van der Waals surface area contributed by atoms with Gasteiger partial charge in [-0.1, -0.05) is 30.3 Å². The average molecular weight is 456 g/mol. The van der Waals surface area contributed by atoms with Crippen LogP contribution in [-0.4, -0.2) is 63.6 Å². The van der Waals surface area contributed by atoms with Crippen molar-refractivity contribution in [2.24, 2.45) is 5.73 Å². The third-order valence-electron chi connectivity index (χ3n) is 6.39. The van der Waals surface area contributed by atoms with Gasteiger partial charge >= 0.3 is 0 Å². The minimum atomic E-state index is -0.00342. The van der Waals surface area contributed by atoms with E-state index in [9.17, 15) is 4.79 Å². The summed E-state index contributed by atoms with van der Waals surface area (Å²) in [6, 6.07) is 15.8. The second-order valence-corrected chi connectivity index (χ2v) is 8.88. The summed E-state index contributed by atoms with van der Waals surface area (Å²) in [6.45, 7) is 1.21. The first-order valence-electron chi connectivity index (χ1n) is 11.7. The van der Waals surface area contributed by atoms with E-state index in [1.807, 2.05) is 78.6 Å². The Morgan fingerprint density at radius 1 is 1.09 bits per heavy atom. The molecule has 0 saturated carbocycles. The number of hydrogen-bond acceptors (Lipinski definition) is 6. The molecule has 1 amide bonds. The van der Waals surface area contributed by atoms with Gasteiger partial charge in [-0.3, -0.25) is 4.79 Å². The molecule has 0 spiro atoms. The summed E-state index contributed by atoms with van der Waals surface area (Å²) < 4.78 is 1.74. The lowest BCUT2D eigenvalue weighted by Crippen LogP contribution is -2.47. The molecule has 0 aliphatic carbocycles. The Balaban J connectivity index is 1.60. The van der Waals surface area contributed by atoms with Gasteiger partial charge in [-0.05, 0) is 37.5 Å². The summed E-state index contributed by atoms with van der Waals surface area (Å²) in [4.78, 5) is 27.1. The Kier molecular flexibility index (Phi) is 5.98. The Morgan fingerprint density at radius 2 is 1.91 bits per heavy atom. The molecule has 1 aliphatic rings. The molecular formula is C26H29N7O. The Bertz CT molecular complexity index is 1320. The topological polar surface area (TPSA) is 92.7 Å². The average Bonchev–Trinajstić information content (AvgIpc) is 3.32. The number of benzene rings is 1. The quantitative estimate of drug-likeness (QED) is 0.495. The largest absolute Gasteiger partial charge is 0.363 e. The van der Waals surface area contributed by atoms with Crippen molar-refractivity contribution < 1.29 is 4.79 Å². The molecular weight excluding hydrogens is 426 g/mol. The molecule has 0 bridgehead atoms. The number of anilines is 1. The van der Waals surface area contributed by atoms with E-state index in [1.54, 1.807) is 10.7 Å². The molecule has 4 heterocycles. The number of carbonyl (C=O) groups is 1. The zero-order valence-electron chi connectivity index (χ0n) is 19.6. The third kappa shape index (κ3) is 4.12. The smallest absolute Gasteiger partial charge is 0.254 e. The SMILES string of the molecule is CN(C)c1cc(C(=O)N2CCCCC2CN)cc(-c2cnn3ccc(-c4ccccc4)nc23)n1. The zero-order chi connectivity index (χ0) is 23.7. The predicted molar refractivity (Wildman–Crippen MR) is 134 cm³/mol. The summed E-state index contributed by atoms with van der Waals surface area (Å²) in [7, 11) is 3.84. The number of hydrogen-bond donors (Lipinski definition) is 1. The van der Waals surface area contributed by atoms with Crippen LogP contribution >= 0.6 is 0 Å². The van der Waals surface area contributed by atoms with Crippen molar-refractivity contribution in [3.63, 3.8) is 0 Å². The minimum Gasteiger partial charge on any atom is -0.363 e. The highest BCUT2D eigenvalue weighted by Gasteiger charge is 2.27. The van der Waals surface area contributed by atoms with E-state index in [0.29, 0.717) is 29.3 Å². The number of carbonyl (C=O) groups excluding carboxylic acids is 1. The maximum absolute atomic E-state index is 13.6. The highest BCUT2D eigenvalue weighted by molar-refractivity contribution is 5.97. The molecule has 1 fully saturated rings. The van der Waals surface area contributed by atoms with Crippen LogP contribution in [0.2, 0.25) is 0 Å². The second kappa shape index (κ2) is 9.23. The Morgan fingerprint density at radius 3 is 2.68 bits per heavy atom. The molecule has 0 radical (unpaired) electrons. The molecule has 1 saturated heterocycles. The van der Waals surface area contributed by atoms with Crippen molar-refractivity contribution in [3.8, 4) is 22.5 Å². The summed E-state index contributed by atoms with van der Waals surface area (Å²) in [6.07, 6.45) is 6.71. The van der Waals surface area contributed by atoms with Crippen molar-refractivity contribution >= 4 is 17.4 Å². The number of nitrogens with zero attached hydrogens (tertiary/aromatic N) is 6. The van der Waals surface area contributed by atoms with Gasteiger partial charge < -0.3 is 15.5 Å². The molecule has 1 atom stereocenters. The fourth-order valence-electron chi connectivity index (χ4n) is 4.50. The molecule has 174 valence electrons. The number of amides is 1. The lowest BCUT2D eigenvalue weighted by Gasteiger charge is -2.35.